The quantitative estimate of drug-likeness (QED) is 0.645. The summed E-state index contributed by atoms with van der Waals surface area (Å²) in [6.45, 7) is 2.28. The van der Waals surface area contributed by atoms with Crippen molar-refractivity contribution in [2.75, 3.05) is 6.67 Å². The van der Waals surface area contributed by atoms with Crippen LogP contribution in [0, 0.1) is 0 Å². The Hall–Kier alpha value is -1.76. The summed E-state index contributed by atoms with van der Waals surface area (Å²) < 4.78 is 2.56. The van der Waals surface area contributed by atoms with Crippen LogP contribution >= 0.6 is 0 Å². The second kappa shape index (κ2) is 5.48. The minimum atomic E-state index is -0.364. The fraction of sp³-hybridized carbons (Fsp3) is 0.667. The standard InChI is InChI=1S/C12H18N4O3/c1-8(17)5-3-4-6-16-11(18)9-10(14-7-13-9)15(2)12(16)19/h8,17H,3-7H2,1-2H3/t8-/m1/s1. The van der Waals surface area contributed by atoms with Gasteiger partial charge in [0.25, 0.3) is 5.56 Å². The van der Waals surface area contributed by atoms with Crippen molar-refractivity contribution in [1.29, 1.82) is 0 Å². The van der Waals surface area contributed by atoms with Gasteiger partial charge >= 0.3 is 5.69 Å². The molecule has 0 aliphatic carbocycles. The highest BCUT2D eigenvalue weighted by Gasteiger charge is 2.12. The fourth-order valence-corrected chi connectivity index (χ4v) is 2.14. The summed E-state index contributed by atoms with van der Waals surface area (Å²) in [4.78, 5) is 32.2. The Balaban J connectivity index is 2.29. The van der Waals surface area contributed by atoms with Gasteiger partial charge < -0.3 is 5.11 Å². The lowest BCUT2D eigenvalue weighted by atomic mass is 10.2. The van der Waals surface area contributed by atoms with Crippen molar-refractivity contribution in [1.82, 2.24) is 9.13 Å². The van der Waals surface area contributed by atoms with E-state index in [2.05, 4.69) is 9.98 Å². The number of nitrogens with zero attached hydrogens (tertiary/aromatic N) is 4. The monoisotopic (exact) mass is 266 g/mol. The highest BCUT2D eigenvalue weighted by Crippen LogP contribution is 2.00. The van der Waals surface area contributed by atoms with E-state index in [-0.39, 0.29) is 29.4 Å². The van der Waals surface area contributed by atoms with Crippen molar-refractivity contribution >= 4 is 0 Å². The molecular formula is C12H18N4O3. The number of hydrogen-bond acceptors (Lipinski definition) is 5. The number of hydrogen-bond donors (Lipinski definition) is 1. The lowest BCUT2D eigenvalue weighted by Crippen LogP contribution is -2.56. The molecule has 2 heterocycles. The largest absolute Gasteiger partial charge is 0.393 e. The second-order valence-corrected chi connectivity index (χ2v) is 4.77. The molecule has 2 rings (SSSR count). The number of aromatic nitrogens is 2. The SMILES string of the molecule is C[C@@H](O)CCCCn1c(=O)c2c(n(C)c1=O)=NCN=2. The minimum absolute atomic E-state index is 0.212. The Morgan fingerprint density at radius 1 is 1.32 bits per heavy atom. The maximum atomic E-state index is 12.1. The van der Waals surface area contributed by atoms with E-state index in [1.807, 2.05) is 0 Å². The lowest BCUT2D eigenvalue weighted by molar-refractivity contribution is 0.180. The predicted octanol–water partition coefficient (Wildman–Crippen LogP) is -1.69. The van der Waals surface area contributed by atoms with Crippen molar-refractivity contribution in [3.05, 3.63) is 31.7 Å². The van der Waals surface area contributed by atoms with Crippen LogP contribution in [0.2, 0.25) is 0 Å². The van der Waals surface area contributed by atoms with E-state index in [1.54, 1.807) is 14.0 Å². The van der Waals surface area contributed by atoms with Gasteiger partial charge in [-0.2, -0.15) is 0 Å². The van der Waals surface area contributed by atoms with E-state index in [0.717, 1.165) is 6.42 Å². The zero-order chi connectivity index (χ0) is 14.0. The summed E-state index contributed by atoms with van der Waals surface area (Å²) in [6, 6.07) is 0. The Bertz CT molecular complexity index is 699. The van der Waals surface area contributed by atoms with Crippen LogP contribution in [-0.2, 0) is 13.6 Å². The van der Waals surface area contributed by atoms with Gasteiger partial charge in [0, 0.05) is 13.6 Å². The molecule has 1 aromatic heterocycles. The lowest BCUT2D eigenvalue weighted by Gasteiger charge is -2.07. The predicted molar refractivity (Wildman–Crippen MR) is 68.7 cm³/mol. The number of rotatable bonds is 5. The first-order valence-electron chi connectivity index (χ1n) is 6.39. The van der Waals surface area contributed by atoms with E-state index in [9.17, 15) is 9.59 Å². The van der Waals surface area contributed by atoms with Crippen molar-refractivity contribution < 1.29 is 5.11 Å². The van der Waals surface area contributed by atoms with E-state index in [0.29, 0.717) is 24.9 Å². The van der Waals surface area contributed by atoms with Crippen LogP contribution in [0.1, 0.15) is 26.2 Å². The van der Waals surface area contributed by atoms with Crippen LogP contribution in [0.3, 0.4) is 0 Å². The van der Waals surface area contributed by atoms with Crippen LogP contribution in [0.25, 0.3) is 0 Å². The average Bonchev–Trinajstić information content (AvgIpc) is 2.84. The van der Waals surface area contributed by atoms with E-state index < -0.39 is 0 Å². The third-order valence-electron chi connectivity index (χ3n) is 3.20. The third kappa shape index (κ3) is 2.65. The maximum Gasteiger partial charge on any atom is 0.332 e. The van der Waals surface area contributed by atoms with Crippen LogP contribution in [-0.4, -0.2) is 27.0 Å². The molecule has 1 N–H and O–H groups in total. The highest BCUT2D eigenvalue weighted by molar-refractivity contribution is 4.90. The molecule has 0 saturated heterocycles. The molecule has 0 saturated carbocycles. The first kappa shape index (κ1) is 13.7. The number of unbranched alkanes of at least 4 members (excludes halogenated alkanes) is 1. The highest BCUT2D eigenvalue weighted by atomic mass is 16.3. The van der Waals surface area contributed by atoms with Gasteiger partial charge in [-0.05, 0) is 26.2 Å². The molecule has 7 nitrogen and oxygen atoms in total. The molecule has 0 radical (unpaired) electrons. The van der Waals surface area contributed by atoms with Crippen molar-refractivity contribution in [3.8, 4) is 0 Å². The fourth-order valence-electron chi connectivity index (χ4n) is 2.14. The van der Waals surface area contributed by atoms with Crippen molar-refractivity contribution in [3.63, 3.8) is 0 Å². The molecule has 19 heavy (non-hydrogen) atoms. The zero-order valence-electron chi connectivity index (χ0n) is 11.2. The number of fused-ring (bicyclic) bond motifs is 1. The van der Waals surface area contributed by atoms with Gasteiger partial charge in [0.2, 0.25) is 0 Å². The number of aliphatic hydroxyl groups excluding tert-OH is 1. The smallest absolute Gasteiger partial charge is 0.332 e. The molecule has 104 valence electrons. The zero-order valence-corrected chi connectivity index (χ0v) is 11.2. The van der Waals surface area contributed by atoms with Gasteiger partial charge in [0.1, 0.15) is 6.67 Å². The maximum absolute atomic E-state index is 12.1. The Morgan fingerprint density at radius 3 is 2.74 bits per heavy atom. The molecule has 0 bridgehead atoms. The molecular weight excluding hydrogens is 248 g/mol. The summed E-state index contributed by atoms with van der Waals surface area (Å²) in [6.07, 6.45) is 1.76. The molecule has 0 fully saturated rings. The summed E-state index contributed by atoms with van der Waals surface area (Å²) in [5, 5.41) is 9.44. The van der Waals surface area contributed by atoms with E-state index in [4.69, 9.17) is 5.11 Å². The van der Waals surface area contributed by atoms with Crippen LogP contribution in [0.15, 0.2) is 19.6 Å². The molecule has 1 aromatic rings. The van der Waals surface area contributed by atoms with E-state index >= 15 is 0 Å². The second-order valence-electron chi connectivity index (χ2n) is 4.77. The number of aliphatic hydroxyl groups is 1. The van der Waals surface area contributed by atoms with Gasteiger partial charge in [-0.15, -0.1) is 0 Å². The Labute approximate surface area is 109 Å². The van der Waals surface area contributed by atoms with Gasteiger partial charge in [-0.3, -0.25) is 18.9 Å². The summed E-state index contributed by atoms with van der Waals surface area (Å²) in [5.41, 5.74) is -0.353. The van der Waals surface area contributed by atoms with E-state index in [1.165, 1.54) is 9.13 Å². The first-order valence-corrected chi connectivity index (χ1v) is 6.39. The minimum Gasteiger partial charge on any atom is -0.393 e. The van der Waals surface area contributed by atoms with Crippen molar-refractivity contribution in [2.24, 2.45) is 17.0 Å². The normalized spacial score (nSPS) is 14.7. The van der Waals surface area contributed by atoms with Gasteiger partial charge in [-0.25, -0.2) is 9.79 Å². The molecule has 1 aliphatic rings. The summed E-state index contributed by atoms with van der Waals surface area (Å²) in [5.74, 6) is 0. The molecule has 0 amide bonds. The molecule has 1 aliphatic heterocycles. The van der Waals surface area contributed by atoms with Gasteiger partial charge in [0.05, 0.1) is 6.10 Å². The Morgan fingerprint density at radius 2 is 2.05 bits per heavy atom. The summed E-state index contributed by atoms with van der Waals surface area (Å²) >= 11 is 0. The molecule has 0 aromatic carbocycles. The van der Waals surface area contributed by atoms with Crippen LogP contribution in [0.4, 0.5) is 0 Å². The third-order valence-corrected chi connectivity index (χ3v) is 3.20. The molecule has 7 heteroatoms. The Kier molecular flexibility index (Phi) is 3.94. The molecule has 0 spiro atoms. The topological polar surface area (TPSA) is 89.0 Å². The van der Waals surface area contributed by atoms with Gasteiger partial charge in [-0.1, -0.05) is 0 Å². The molecule has 0 unspecified atom stereocenters. The molecule has 1 atom stereocenters. The first-order chi connectivity index (χ1) is 9.02. The van der Waals surface area contributed by atoms with Crippen LogP contribution in [0.5, 0.6) is 0 Å². The van der Waals surface area contributed by atoms with Crippen LogP contribution < -0.4 is 22.1 Å². The average molecular weight is 266 g/mol. The summed E-state index contributed by atoms with van der Waals surface area (Å²) in [7, 11) is 1.59. The van der Waals surface area contributed by atoms with Gasteiger partial charge in [0.15, 0.2) is 10.8 Å². The van der Waals surface area contributed by atoms with Crippen molar-refractivity contribution in [2.45, 2.75) is 38.8 Å².